The van der Waals surface area contributed by atoms with Crippen LogP contribution in [-0.2, 0) is 6.42 Å². The molecule has 0 aliphatic carbocycles. The second-order valence-corrected chi connectivity index (χ2v) is 8.70. The Labute approximate surface area is 201 Å². The number of ether oxygens (including phenoxy) is 1. The molecule has 0 bridgehead atoms. The fraction of sp³-hybridized carbons (Fsp3) is 0.233. The summed E-state index contributed by atoms with van der Waals surface area (Å²) in [4.78, 5) is 6.61. The highest BCUT2D eigenvalue weighted by Crippen LogP contribution is 2.30. The normalized spacial score (nSPS) is 16.0. The number of rotatable bonds is 8. The Hall–Kier alpha value is -3.66. The number of benzene rings is 3. The van der Waals surface area contributed by atoms with Crippen LogP contribution in [0.2, 0.25) is 0 Å². The lowest BCUT2D eigenvalue weighted by atomic mass is 9.95. The number of allylic oxidation sites excluding steroid dienone is 1. The van der Waals surface area contributed by atoms with Crippen LogP contribution < -0.4 is 9.64 Å². The lowest BCUT2D eigenvalue weighted by Crippen LogP contribution is -2.19. The highest BCUT2D eigenvalue weighted by molar-refractivity contribution is 5.70. The second-order valence-electron chi connectivity index (χ2n) is 8.70. The van der Waals surface area contributed by atoms with Crippen molar-refractivity contribution in [2.45, 2.75) is 19.8 Å². The van der Waals surface area contributed by atoms with Crippen LogP contribution in [0.15, 0.2) is 90.6 Å². The topological polar surface area (TPSA) is 24.8 Å². The molecule has 0 spiro atoms. The van der Waals surface area contributed by atoms with Gasteiger partial charge in [-0.2, -0.15) is 0 Å². The van der Waals surface area contributed by atoms with Gasteiger partial charge in [-0.25, -0.2) is 4.39 Å². The fourth-order valence-corrected chi connectivity index (χ4v) is 4.42. The first kappa shape index (κ1) is 23.5. The average Bonchev–Trinajstić information content (AvgIpc) is 3.33. The zero-order chi connectivity index (χ0) is 23.9. The number of halogens is 1. The van der Waals surface area contributed by atoms with Crippen LogP contribution >= 0.6 is 0 Å². The molecule has 0 saturated carbocycles. The van der Waals surface area contributed by atoms with Crippen molar-refractivity contribution in [2.24, 2.45) is 10.9 Å². The maximum Gasteiger partial charge on any atom is 0.131 e. The van der Waals surface area contributed by atoms with Gasteiger partial charge in [0.25, 0.3) is 0 Å². The van der Waals surface area contributed by atoms with Gasteiger partial charge in [0.05, 0.1) is 7.11 Å². The molecule has 0 radical (unpaired) electrons. The van der Waals surface area contributed by atoms with E-state index in [-0.39, 0.29) is 5.82 Å². The molecule has 0 amide bonds. The summed E-state index contributed by atoms with van der Waals surface area (Å²) in [7, 11) is 1.59. The van der Waals surface area contributed by atoms with Gasteiger partial charge in [0, 0.05) is 36.8 Å². The molecule has 1 aliphatic heterocycles. The molecule has 174 valence electrons. The smallest absolute Gasteiger partial charge is 0.131 e. The van der Waals surface area contributed by atoms with Crippen molar-refractivity contribution in [1.29, 1.82) is 0 Å². The van der Waals surface area contributed by atoms with E-state index in [2.05, 4.69) is 65.9 Å². The molecule has 3 aromatic carbocycles. The van der Waals surface area contributed by atoms with Gasteiger partial charge in [-0.3, -0.25) is 4.99 Å². The zero-order valence-corrected chi connectivity index (χ0v) is 19.9. The van der Waals surface area contributed by atoms with E-state index in [9.17, 15) is 4.39 Å². The highest BCUT2D eigenvalue weighted by Gasteiger charge is 2.20. The van der Waals surface area contributed by atoms with E-state index in [1.54, 1.807) is 31.5 Å². The molecule has 0 aromatic heterocycles. The third-order valence-electron chi connectivity index (χ3n) is 6.38. The molecule has 0 N–H and O–H groups in total. The van der Waals surface area contributed by atoms with Crippen molar-refractivity contribution < 1.29 is 9.13 Å². The van der Waals surface area contributed by atoms with E-state index in [4.69, 9.17) is 4.74 Å². The molecule has 4 rings (SSSR count). The number of methoxy groups -OCH3 is 1. The molecular weight excluding hydrogens is 423 g/mol. The Morgan fingerprint density at radius 3 is 2.68 bits per heavy atom. The molecule has 3 nitrogen and oxygen atoms in total. The van der Waals surface area contributed by atoms with Crippen LogP contribution in [0, 0.1) is 18.7 Å². The van der Waals surface area contributed by atoms with Crippen molar-refractivity contribution >= 4 is 11.9 Å². The van der Waals surface area contributed by atoms with E-state index in [1.165, 1.54) is 22.9 Å². The molecule has 1 aliphatic rings. The summed E-state index contributed by atoms with van der Waals surface area (Å²) in [6.07, 6.45) is 9.42. The van der Waals surface area contributed by atoms with Crippen LogP contribution in [0.3, 0.4) is 0 Å². The van der Waals surface area contributed by atoms with E-state index in [1.807, 2.05) is 12.3 Å². The Morgan fingerprint density at radius 2 is 1.94 bits per heavy atom. The summed E-state index contributed by atoms with van der Waals surface area (Å²) >= 11 is 0. The minimum absolute atomic E-state index is 0.243. The number of aryl methyl sites for hydroxylation is 1. The van der Waals surface area contributed by atoms with Crippen molar-refractivity contribution in [3.8, 4) is 16.9 Å². The summed E-state index contributed by atoms with van der Waals surface area (Å²) in [5, 5.41) is 0. The van der Waals surface area contributed by atoms with Crippen LogP contribution in [0.5, 0.6) is 5.75 Å². The Balaban J connectivity index is 1.41. The average molecular weight is 455 g/mol. The predicted molar refractivity (Wildman–Crippen MR) is 141 cm³/mol. The summed E-state index contributed by atoms with van der Waals surface area (Å²) in [5.74, 6) is 0.935. The highest BCUT2D eigenvalue weighted by atomic mass is 19.1. The molecule has 1 saturated heterocycles. The number of nitrogens with zero attached hydrogens (tertiary/aromatic N) is 2. The van der Waals surface area contributed by atoms with Crippen LogP contribution in [-0.4, -0.2) is 26.4 Å². The minimum Gasteiger partial charge on any atom is -0.497 e. The molecule has 34 heavy (non-hydrogen) atoms. The molecule has 1 heterocycles. The standard InChI is InChI=1S/C30H31FN2O/c1-4-15-32-16-13-24-14-17-33(21-24)27-9-5-23(6-10-27)19-25-7-8-26(18-22(25)2)29-20-28(34-3)11-12-30(29)31/h4-13,15-16,18,20,24H,1,14,17,19,21H2,2-3H3/b16-13+,32-15?/t24-/m1/s1. The van der Waals surface area contributed by atoms with Gasteiger partial charge < -0.3 is 9.64 Å². The van der Waals surface area contributed by atoms with Crippen molar-refractivity contribution in [1.82, 2.24) is 0 Å². The first-order chi connectivity index (χ1) is 16.6. The third-order valence-corrected chi connectivity index (χ3v) is 6.38. The molecule has 1 fully saturated rings. The summed E-state index contributed by atoms with van der Waals surface area (Å²) in [6, 6.07) is 19.8. The quantitative estimate of drug-likeness (QED) is 0.342. The first-order valence-electron chi connectivity index (χ1n) is 11.7. The van der Waals surface area contributed by atoms with Gasteiger partial charge in [-0.05, 0) is 78.3 Å². The molecule has 4 heteroatoms. The van der Waals surface area contributed by atoms with Gasteiger partial charge in [-0.15, -0.1) is 0 Å². The van der Waals surface area contributed by atoms with Crippen molar-refractivity contribution in [3.05, 3.63) is 108 Å². The minimum atomic E-state index is -0.243. The maximum absolute atomic E-state index is 14.4. The summed E-state index contributed by atoms with van der Waals surface area (Å²) in [6.45, 7) is 7.79. The van der Waals surface area contributed by atoms with Gasteiger partial charge >= 0.3 is 0 Å². The fourth-order valence-electron chi connectivity index (χ4n) is 4.42. The van der Waals surface area contributed by atoms with Crippen LogP contribution in [0.25, 0.3) is 11.1 Å². The van der Waals surface area contributed by atoms with Gasteiger partial charge in [0.1, 0.15) is 11.6 Å². The van der Waals surface area contributed by atoms with Gasteiger partial charge in [0.15, 0.2) is 0 Å². The Morgan fingerprint density at radius 1 is 1.12 bits per heavy atom. The lowest BCUT2D eigenvalue weighted by Gasteiger charge is -2.18. The van der Waals surface area contributed by atoms with E-state index in [0.29, 0.717) is 17.2 Å². The third kappa shape index (κ3) is 5.63. The first-order valence-corrected chi connectivity index (χ1v) is 11.7. The number of aliphatic imine (C=N–C) groups is 1. The molecule has 1 atom stereocenters. The van der Waals surface area contributed by atoms with Crippen LogP contribution in [0.1, 0.15) is 23.1 Å². The van der Waals surface area contributed by atoms with Gasteiger partial charge in [-0.1, -0.05) is 49.1 Å². The Kier molecular flexibility index (Phi) is 7.58. The molecular formula is C30H31FN2O. The van der Waals surface area contributed by atoms with E-state index < -0.39 is 0 Å². The second kappa shape index (κ2) is 11.0. The Bertz CT molecular complexity index is 1200. The van der Waals surface area contributed by atoms with Gasteiger partial charge in [0.2, 0.25) is 0 Å². The molecule has 0 unspecified atom stereocenters. The van der Waals surface area contributed by atoms with Crippen molar-refractivity contribution in [3.63, 3.8) is 0 Å². The monoisotopic (exact) mass is 454 g/mol. The molecule has 3 aromatic rings. The summed E-state index contributed by atoms with van der Waals surface area (Å²) in [5.41, 5.74) is 6.34. The number of hydrogen-bond acceptors (Lipinski definition) is 3. The van der Waals surface area contributed by atoms with Crippen LogP contribution in [0.4, 0.5) is 10.1 Å². The predicted octanol–water partition coefficient (Wildman–Crippen LogP) is 7.00. The van der Waals surface area contributed by atoms with E-state index >= 15 is 0 Å². The zero-order valence-electron chi connectivity index (χ0n) is 19.9. The SMILES string of the molecule is C=CC=N/C=C/[C@@H]1CCN(c2ccc(Cc3ccc(-c4cc(OC)ccc4F)cc3C)cc2)C1. The van der Waals surface area contributed by atoms with Crippen molar-refractivity contribution in [2.75, 3.05) is 25.1 Å². The van der Waals surface area contributed by atoms with E-state index in [0.717, 1.165) is 37.1 Å². The maximum atomic E-state index is 14.4. The summed E-state index contributed by atoms with van der Waals surface area (Å²) < 4.78 is 19.6. The largest absolute Gasteiger partial charge is 0.497 e. The lowest BCUT2D eigenvalue weighted by molar-refractivity contribution is 0.414. The number of hydrogen-bond donors (Lipinski definition) is 0. The number of anilines is 1.